The molecule has 0 aliphatic carbocycles. The van der Waals surface area contributed by atoms with E-state index in [4.69, 9.17) is 15.0 Å². The molecule has 0 fully saturated rings. The second-order valence-corrected chi connectivity index (χ2v) is 18.7. The van der Waals surface area contributed by atoms with Crippen LogP contribution in [0.1, 0.15) is 0 Å². The van der Waals surface area contributed by atoms with Crippen molar-refractivity contribution >= 4 is 81.7 Å². The molecule has 0 saturated carbocycles. The highest BCUT2D eigenvalue weighted by Crippen LogP contribution is 2.43. The minimum atomic E-state index is 0.614. The van der Waals surface area contributed by atoms with Crippen LogP contribution in [0.3, 0.4) is 0 Å². The molecule has 4 heteroatoms. The number of benzene rings is 13. The van der Waals surface area contributed by atoms with Gasteiger partial charge in [-0.1, -0.05) is 206 Å². The lowest BCUT2D eigenvalue weighted by Gasteiger charge is -2.27. The Hall–Kier alpha value is -9.77. The van der Waals surface area contributed by atoms with Gasteiger partial charge in [-0.05, 0) is 148 Å². The molecule has 4 nitrogen and oxygen atoms in total. The van der Waals surface area contributed by atoms with Crippen LogP contribution in [0.4, 0.5) is 17.1 Å². The fourth-order valence-electron chi connectivity index (χ4n) is 11.0. The first-order valence-electron chi connectivity index (χ1n) is 24.8. The van der Waals surface area contributed by atoms with E-state index in [9.17, 15) is 0 Å². The van der Waals surface area contributed by atoms with E-state index in [2.05, 4.69) is 211 Å². The van der Waals surface area contributed by atoms with Crippen molar-refractivity contribution in [3.05, 3.63) is 267 Å². The second-order valence-electron chi connectivity index (χ2n) is 18.7. The molecular formula is C69H44N4. The van der Waals surface area contributed by atoms with Crippen molar-refractivity contribution in [2.45, 2.75) is 0 Å². The molecule has 14 aromatic rings. The van der Waals surface area contributed by atoms with E-state index in [-0.39, 0.29) is 0 Å². The number of nitrogens with zero attached hydrogens (tertiary/aromatic N) is 4. The van der Waals surface area contributed by atoms with Crippen LogP contribution in [0.15, 0.2) is 267 Å². The van der Waals surface area contributed by atoms with Gasteiger partial charge in [0.25, 0.3) is 0 Å². The number of hydrogen-bond donors (Lipinski definition) is 0. The van der Waals surface area contributed by atoms with Gasteiger partial charge in [0.15, 0.2) is 17.5 Å². The van der Waals surface area contributed by atoms with Crippen molar-refractivity contribution in [2.24, 2.45) is 0 Å². The van der Waals surface area contributed by atoms with Crippen molar-refractivity contribution in [3.8, 4) is 56.4 Å². The zero-order chi connectivity index (χ0) is 48.2. The summed E-state index contributed by atoms with van der Waals surface area (Å²) in [4.78, 5) is 17.4. The monoisotopic (exact) mass is 928 g/mol. The lowest BCUT2D eigenvalue weighted by Crippen LogP contribution is -2.10. The summed E-state index contributed by atoms with van der Waals surface area (Å²) in [5.41, 5.74) is 10.4. The molecule has 0 N–H and O–H groups in total. The third-order valence-corrected chi connectivity index (χ3v) is 14.4. The van der Waals surface area contributed by atoms with Crippen molar-refractivity contribution in [1.82, 2.24) is 15.0 Å². The fourth-order valence-corrected chi connectivity index (χ4v) is 11.0. The number of hydrogen-bond acceptors (Lipinski definition) is 4. The smallest absolute Gasteiger partial charge is 0.164 e. The Balaban J connectivity index is 0.916. The average Bonchev–Trinajstić information content (AvgIpc) is 3.48. The minimum absolute atomic E-state index is 0.614. The summed E-state index contributed by atoms with van der Waals surface area (Å²) in [5.74, 6) is 1.88. The fraction of sp³-hybridized carbons (Fsp3) is 0. The van der Waals surface area contributed by atoms with Gasteiger partial charge in [0.1, 0.15) is 0 Å². The predicted octanol–water partition coefficient (Wildman–Crippen LogP) is 18.6. The summed E-state index contributed by atoms with van der Waals surface area (Å²) in [7, 11) is 0. The van der Waals surface area contributed by atoms with Gasteiger partial charge in [0, 0.05) is 33.8 Å². The molecule has 0 saturated heterocycles. The Bertz CT molecular complexity index is 4100. The number of fused-ring (bicyclic) bond motifs is 12. The van der Waals surface area contributed by atoms with Crippen LogP contribution >= 0.6 is 0 Å². The van der Waals surface area contributed by atoms with Gasteiger partial charge in [-0.15, -0.1) is 0 Å². The molecule has 1 heterocycles. The van der Waals surface area contributed by atoms with Crippen LogP contribution in [-0.4, -0.2) is 15.0 Å². The summed E-state index contributed by atoms with van der Waals surface area (Å²) in [6.45, 7) is 0. The molecule has 14 rings (SSSR count). The van der Waals surface area contributed by atoms with Gasteiger partial charge in [-0.2, -0.15) is 0 Å². The predicted molar refractivity (Wildman–Crippen MR) is 307 cm³/mol. The van der Waals surface area contributed by atoms with Gasteiger partial charge in [-0.25, -0.2) is 15.0 Å². The average molecular weight is 929 g/mol. The molecule has 0 radical (unpaired) electrons. The van der Waals surface area contributed by atoms with E-state index in [1.807, 2.05) is 60.7 Å². The molecule has 0 atom stereocenters. The SMILES string of the molecule is c1ccc(-c2nc(-c3ccccc3)nc(-c3ccc(N(c4cccc(-c5ccc6c7ccccc7c7ccccc7c6c5)c4)c4cccc(-c5ccc6c7ccccc7c7ccccc7c6c5)c4)cc3)n2)cc1. The summed E-state index contributed by atoms with van der Waals surface area (Å²) < 4.78 is 0. The topological polar surface area (TPSA) is 41.9 Å². The van der Waals surface area contributed by atoms with Crippen molar-refractivity contribution < 1.29 is 0 Å². The largest absolute Gasteiger partial charge is 0.310 e. The molecule has 0 amide bonds. The highest BCUT2D eigenvalue weighted by molar-refractivity contribution is 6.27. The zero-order valence-corrected chi connectivity index (χ0v) is 39.7. The van der Waals surface area contributed by atoms with E-state index in [1.165, 1.54) is 64.6 Å². The van der Waals surface area contributed by atoms with Crippen LogP contribution in [0.5, 0.6) is 0 Å². The third kappa shape index (κ3) is 7.44. The van der Waals surface area contributed by atoms with Gasteiger partial charge < -0.3 is 4.90 Å². The standard InChI is InChI=1S/C69H44N4/c1-3-17-45(18-4-1)67-70-68(46-19-5-2-6-20-46)72-69(71-67)47-33-37-52(38-34-47)73(53-23-15-21-48(41-53)50-35-39-63-59-29-9-7-25-55(59)57-27-11-13-31-61(57)65(63)43-50)54-24-16-22-49(42-54)51-36-40-64-60-30-10-8-26-56(60)58-28-12-14-32-62(58)66(64)44-51/h1-44H. The minimum Gasteiger partial charge on any atom is -0.310 e. The normalized spacial score (nSPS) is 11.6. The van der Waals surface area contributed by atoms with E-state index >= 15 is 0 Å². The highest BCUT2D eigenvalue weighted by Gasteiger charge is 2.19. The Morgan fingerprint density at radius 3 is 0.822 bits per heavy atom. The molecule has 340 valence electrons. The Morgan fingerprint density at radius 1 is 0.178 bits per heavy atom. The molecule has 0 spiro atoms. The maximum absolute atomic E-state index is 5.06. The van der Waals surface area contributed by atoms with E-state index in [1.54, 1.807) is 0 Å². The molecule has 0 aliphatic heterocycles. The molecule has 0 bridgehead atoms. The summed E-state index contributed by atoms with van der Waals surface area (Å²) >= 11 is 0. The van der Waals surface area contributed by atoms with Crippen molar-refractivity contribution in [2.75, 3.05) is 4.90 Å². The Morgan fingerprint density at radius 2 is 0.452 bits per heavy atom. The molecule has 1 aromatic heterocycles. The highest BCUT2D eigenvalue weighted by atomic mass is 15.1. The Labute approximate surface area is 422 Å². The first-order chi connectivity index (χ1) is 36.2. The van der Waals surface area contributed by atoms with E-state index < -0.39 is 0 Å². The summed E-state index contributed by atoms with van der Waals surface area (Å²) in [6, 6.07) is 95.8. The summed E-state index contributed by atoms with van der Waals surface area (Å²) in [6.07, 6.45) is 0. The number of anilines is 3. The first-order valence-corrected chi connectivity index (χ1v) is 24.8. The van der Waals surface area contributed by atoms with Crippen LogP contribution in [0.2, 0.25) is 0 Å². The van der Waals surface area contributed by atoms with Gasteiger partial charge in [0.05, 0.1) is 0 Å². The zero-order valence-electron chi connectivity index (χ0n) is 39.7. The maximum atomic E-state index is 5.06. The quantitative estimate of drug-likeness (QED) is 0.142. The van der Waals surface area contributed by atoms with E-state index in [0.29, 0.717) is 17.5 Å². The van der Waals surface area contributed by atoms with Crippen LogP contribution in [0.25, 0.3) is 121 Å². The lowest BCUT2D eigenvalue weighted by atomic mass is 9.92. The molecular weight excluding hydrogens is 885 g/mol. The first kappa shape index (κ1) is 42.1. The van der Waals surface area contributed by atoms with E-state index in [0.717, 1.165) is 56.0 Å². The molecule has 13 aromatic carbocycles. The van der Waals surface area contributed by atoms with Crippen LogP contribution < -0.4 is 4.90 Å². The van der Waals surface area contributed by atoms with Gasteiger partial charge in [-0.3, -0.25) is 0 Å². The third-order valence-electron chi connectivity index (χ3n) is 14.4. The number of rotatable bonds is 8. The van der Waals surface area contributed by atoms with Crippen LogP contribution in [-0.2, 0) is 0 Å². The second kappa shape index (κ2) is 17.6. The molecule has 73 heavy (non-hydrogen) atoms. The summed E-state index contributed by atoms with van der Waals surface area (Å²) in [5, 5.41) is 15.1. The van der Waals surface area contributed by atoms with Crippen molar-refractivity contribution in [1.29, 1.82) is 0 Å². The lowest BCUT2D eigenvalue weighted by molar-refractivity contribution is 1.07. The van der Waals surface area contributed by atoms with Gasteiger partial charge in [0.2, 0.25) is 0 Å². The van der Waals surface area contributed by atoms with Crippen molar-refractivity contribution in [3.63, 3.8) is 0 Å². The number of aromatic nitrogens is 3. The Kier molecular flexibility index (Phi) is 10.1. The maximum Gasteiger partial charge on any atom is 0.164 e. The molecule has 0 unspecified atom stereocenters. The molecule has 0 aliphatic rings. The van der Waals surface area contributed by atoms with Crippen LogP contribution in [0, 0.1) is 0 Å². The van der Waals surface area contributed by atoms with Gasteiger partial charge >= 0.3 is 0 Å².